The van der Waals surface area contributed by atoms with Gasteiger partial charge in [0.2, 0.25) is 0 Å². The summed E-state index contributed by atoms with van der Waals surface area (Å²) in [4.78, 5) is 26.3. The molecule has 6 nitrogen and oxygen atoms in total. The number of rotatable bonds is 4. The number of ether oxygens (including phenoxy) is 1. The van der Waals surface area contributed by atoms with Crippen molar-refractivity contribution in [1.82, 2.24) is 0 Å². The normalized spacial score (nSPS) is 10.4. The predicted octanol–water partition coefficient (Wildman–Crippen LogP) is 4.52. The molecule has 0 saturated carbocycles. The molecule has 6 heteroatoms. The average Bonchev–Trinajstić information content (AvgIpc) is 2.54. The molecule has 0 radical (unpaired) electrons. The van der Waals surface area contributed by atoms with E-state index in [0.29, 0.717) is 11.4 Å². The van der Waals surface area contributed by atoms with E-state index in [9.17, 15) is 14.7 Å². The Morgan fingerprint density at radius 2 is 1.68 bits per heavy atom. The first-order valence-corrected chi connectivity index (χ1v) is 7.94. The number of hydrogen-bond acceptors (Lipinski definition) is 3. The summed E-state index contributed by atoms with van der Waals surface area (Å²) in [5, 5.41) is 9.34. The highest BCUT2D eigenvalue weighted by molar-refractivity contribution is 5.89. The van der Waals surface area contributed by atoms with E-state index in [0.717, 1.165) is 5.56 Å². The molecule has 0 unspecified atom stereocenters. The monoisotopic (exact) mass is 342 g/mol. The molecule has 0 aliphatic carbocycles. The zero-order chi connectivity index (χ0) is 18.6. The van der Waals surface area contributed by atoms with Crippen LogP contribution in [-0.4, -0.2) is 30.4 Å². The first-order valence-electron chi connectivity index (χ1n) is 7.94. The Kier molecular flexibility index (Phi) is 5.64. The van der Waals surface area contributed by atoms with E-state index in [4.69, 9.17) is 4.74 Å². The van der Waals surface area contributed by atoms with Crippen LogP contribution in [0, 0.1) is 6.92 Å². The minimum absolute atomic E-state index is 0.237. The van der Waals surface area contributed by atoms with Crippen LogP contribution in [0.15, 0.2) is 48.5 Å². The molecular formula is C19H22N2O4. The molecule has 132 valence electrons. The molecule has 0 bridgehead atoms. The maximum Gasteiger partial charge on any atom is 0.419 e. The molecule has 0 atom stereocenters. The molecule has 2 aromatic rings. The zero-order valence-electron chi connectivity index (χ0n) is 14.8. The standard InChI is InChI=1S/C19H22N2O4/c1-13(2)21(18(22)23)16-6-5-7-17(12-16)25-19(24)20(4)15-10-8-14(3)9-11-15/h5-13H,1-4H3,(H,22,23). The molecule has 0 fully saturated rings. The van der Waals surface area contributed by atoms with Crippen LogP contribution in [-0.2, 0) is 0 Å². The number of nitrogens with zero attached hydrogens (tertiary/aromatic N) is 2. The van der Waals surface area contributed by atoms with E-state index in [1.165, 1.54) is 15.9 Å². The van der Waals surface area contributed by atoms with Crippen LogP contribution >= 0.6 is 0 Å². The fourth-order valence-corrected chi connectivity index (χ4v) is 2.37. The Bertz CT molecular complexity index is 756. The highest BCUT2D eigenvalue weighted by Crippen LogP contribution is 2.24. The summed E-state index contributed by atoms with van der Waals surface area (Å²) in [6.07, 6.45) is -1.61. The Labute approximate surface area is 147 Å². The molecule has 0 spiro atoms. The molecule has 0 heterocycles. The van der Waals surface area contributed by atoms with Crippen molar-refractivity contribution in [1.29, 1.82) is 0 Å². The second-order valence-corrected chi connectivity index (χ2v) is 6.01. The van der Waals surface area contributed by atoms with Crippen LogP contribution in [0.25, 0.3) is 0 Å². The van der Waals surface area contributed by atoms with Crippen LogP contribution < -0.4 is 14.5 Å². The summed E-state index contributed by atoms with van der Waals surface area (Å²) in [5.74, 6) is 0.286. The van der Waals surface area contributed by atoms with Crippen LogP contribution in [0.1, 0.15) is 19.4 Å². The largest absolute Gasteiger partial charge is 0.465 e. The van der Waals surface area contributed by atoms with Crippen LogP contribution in [0.5, 0.6) is 5.75 Å². The van der Waals surface area contributed by atoms with Gasteiger partial charge in [-0.1, -0.05) is 23.8 Å². The third-order valence-corrected chi connectivity index (χ3v) is 3.72. The molecule has 2 amide bonds. The first kappa shape index (κ1) is 18.3. The van der Waals surface area contributed by atoms with Crippen molar-refractivity contribution in [2.45, 2.75) is 26.8 Å². The van der Waals surface area contributed by atoms with Crippen molar-refractivity contribution in [3.8, 4) is 5.75 Å². The van der Waals surface area contributed by atoms with E-state index in [1.54, 1.807) is 39.1 Å². The second-order valence-electron chi connectivity index (χ2n) is 6.01. The number of aryl methyl sites for hydroxylation is 1. The average molecular weight is 342 g/mol. The van der Waals surface area contributed by atoms with Gasteiger partial charge in [-0.3, -0.25) is 9.80 Å². The minimum Gasteiger partial charge on any atom is -0.465 e. The maximum atomic E-state index is 12.3. The van der Waals surface area contributed by atoms with Crippen molar-refractivity contribution in [3.63, 3.8) is 0 Å². The van der Waals surface area contributed by atoms with Crippen molar-refractivity contribution >= 4 is 23.6 Å². The first-order chi connectivity index (χ1) is 11.8. The van der Waals surface area contributed by atoms with Crippen molar-refractivity contribution in [2.24, 2.45) is 0 Å². The number of hydrogen-bond donors (Lipinski definition) is 1. The topological polar surface area (TPSA) is 70.1 Å². The molecular weight excluding hydrogens is 320 g/mol. The molecule has 0 aromatic heterocycles. The van der Waals surface area contributed by atoms with Crippen molar-refractivity contribution in [2.75, 3.05) is 16.8 Å². The Morgan fingerprint density at radius 1 is 1.04 bits per heavy atom. The van der Waals surface area contributed by atoms with E-state index < -0.39 is 12.2 Å². The predicted molar refractivity (Wildman–Crippen MR) is 97.7 cm³/mol. The summed E-state index contributed by atoms with van der Waals surface area (Å²) >= 11 is 0. The highest BCUT2D eigenvalue weighted by atomic mass is 16.6. The van der Waals surface area contributed by atoms with Gasteiger partial charge in [0.15, 0.2) is 0 Å². The Hall–Kier alpha value is -3.02. The summed E-state index contributed by atoms with van der Waals surface area (Å²) in [5.41, 5.74) is 2.26. The van der Waals surface area contributed by atoms with E-state index in [-0.39, 0.29) is 11.8 Å². The maximum absolute atomic E-state index is 12.3. The van der Waals surface area contributed by atoms with Gasteiger partial charge in [-0.25, -0.2) is 9.59 Å². The lowest BCUT2D eigenvalue weighted by atomic mass is 10.2. The molecule has 1 N–H and O–H groups in total. The fraction of sp³-hybridized carbons (Fsp3) is 0.263. The van der Waals surface area contributed by atoms with Gasteiger partial charge in [0.05, 0.1) is 5.69 Å². The van der Waals surface area contributed by atoms with Crippen LogP contribution in [0.2, 0.25) is 0 Å². The third-order valence-electron chi connectivity index (χ3n) is 3.72. The number of benzene rings is 2. The lowest BCUT2D eigenvalue weighted by Crippen LogP contribution is -2.35. The van der Waals surface area contributed by atoms with Gasteiger partial charge in [-0.15, -0.1) is 0 Å². The fourth-order valence-electron chi connectivity index (χ4n) is 2.37. The van der Waals surface area contributed by atoms with Gasteiger partial charge >= 0.3 is 12.2 Å². The Balaban J connectivity index is 2.17. The quantitative estimate of drug-likeness (QED) is 0.886. The second kappa shape index (κ2) is 7.70. The van der Waals surface area contributed by atoms with Gasteiger partial charge in [-0.05, 0) is 45.0 Å². The van der Waals surface area contributed by atoms with E-state index in [2.05, 4.69) is 0 Å². The summed E-state index contributed by atoms with van der Waals surface area (Å²) in [7, 11) is 1.62. The van der Waals surface area contributed by atoms with Gasteiger partial charge in [0.25, 0.3) is 0 Å². The van der Waals surface area contributed by atoms with Gasteiger partial charge in [-0.2, -0.15) is 0 Å². The zero-order valence-corrected chi connectivity index (χ0v) is 14.8. The number of carbonyl (C=O) groups is 2. The smallest absolute Gasteiger partial charge is 0.419 e. The molecule has 25 heavy (non-hydrogen) atoms. The van der Waals surface area contributed by atoms with Crippen molar-refractivity contribution in [3.05, 3.63) is 54.1 Å². The number of anilines is 2. The summed E-state index contributed by atoms with van der Waals surface area (Å²) in [6, 6.07) is 13.7. The minimum atomic E-state index is -1.06. The van der Waals surface area contributed by atoms with Crippen LogP contribution in [0.4, 0.5) is 21.0 Å². The van der Waals surface area contributed by atoms with E-state index in [1.807, 2.05) is 31.2 Å². The van der Waals surface area contributed by atoms with Crippen LogP contribution in [0.3, 0.4) is 0 Å². The molecule has 2 aromatic carbocycles. The lowest BCUT2D eigenvalue weighted by Gasteiger charge is -2.24. The van der Waals surface area contributed by atoms with Gasteiger partial charge in [0, 0.05) is 24.8 Å². The SMILES string of the molecule is Cc1ccc(N(C)C(=O)Oc2cccc(N(C(=O)O)C(C)C)c2)cc1. The summed E-state index contributed by atoms with van der Waals surface area (Å²) < 4.78 is 5.38. The highest BCUT2D eigenvalue weighted by Gasteiger charge is 2.19. The Morgan fingerprint density at radius 3 is 2.24 bits per heavy atom. The molecule has 0 aliphatic heterocycles. The van der Waals surface area contributed by atoms with Gasteiger partial charge < -0.3 is 9.84 Å². The molecule has 0 aliphatic rings. The number of carbonyl (C=O) groups excluding carboxylic acids is 1. The van der Waals surface area contributed by atoms with Gasteiger partial charge in [0.1, 0.15) is 5.75 Å². The summed E-state index contributed by atoms with van der Waals surface area (Å²) in [6.45, 7) is 5.52. The third kappa shape index (κ3) is 4.50. The number of carboxylic acid groups (broad SMARTS) is 1. The lowest BCUT2D eigenvalue weighted by molar-refractivity contribution is 0.200. The van der Waals surface area contributed by atoms with E-state index >= 15 is 0 Å². The number of amides is 2. The molecule has 2 rings (SSSR count). The van der Waals surface area contributed by atoms with Crippen molar-refractivity contribution < 1.29 is 19.4 Å². The molecule has 0 saturated heterocycles.